The largest absolute Gasteiger partial charge is 2.00 e. The maximum absolute atomic E-state index is 4.66. The van der Waals surface area contributed by atoms with E-state index in [1.165, 1.54) is 0 Å². The van der Waals surface area contributed by atoms with Crippen molar-refractivity contribution in [1.29, 1.82) is 0 Å². The van der Waals surface area contributed by atoms with E-state index in [1.54, 1.807) is 0 Å². The summed E-state index contributed by atoms with van der Waals surface area (Å²) < 4.78 is 0.167. The molecule has 0 atom stereocenters. The molecule has 0 aliphatic carbocycles. The first-order valence-corrected chi connectivity index (χ1v) is 3.03. The summed E-state index contributed by atoms with van der Waals surface area (Å²) in [6.45, 7) is 0. The number of hydrogen-bond donors (Lipinski definition) is 2. The van der Waals surface area contributed by atoms with Crippen molar-refractivity contribution >= 4 is 58.3 Å². The Kier molecular flexibility index (Phi) is 21.4. The molecule has 0 unspecified atom stereocenters. The molecule has 0 heterocycles. The van der Waals surface area contributed by atoms with Crippen LogP contribution in [0, 0.1) is 0 Å². The summed E-state index contributed by atoms with van der Waals surface area (Å²) >= 11 is 16.5. The molecule has 0 rings (SSSR count). The number of nitrogens with two attached hydrogens (primary N) is 2. The van der Waals surface area contributed by atoms with Crippen LogP contribution in [0.25, 0.3) is 0 Å². The van der Waals surface area contributed by atoms with Crippen LogP contribution in [0.2, 0.25) is 0 Å². The van der Waals surface area contributed by atoms with Gasteiger partial charge in [-0.2, -0.15) is 0 Å². The maximum Gasteiger partial charge on any atom is 2.00 e. The number of rotatable bonds is 0. The van der Waals surface area contributed by atoms with Crippen LogP contribution in [-0.4, -0.2) is 8.64 Å². The summed E-state index contributed by atoms with van der Waals surface area (Å²) in [4.78, 5) is 0. The summed E-state index contributed by atoms with van der Waals surface area (Å²) in [7, 11) is 0. The van der Waals surface area contributed by atoms with Gasteiger partial charge < -0.3 is 61.2 Å². The molecule has 2 nitrogen and oxygen atoms in total. The monoisotopic (exact) mass is 379 g/mol. The quantitative estimate of drug-likeness (QED) is 0.439. The second kappa shape index (κ2) is 11.7. The van der Waals surface area contributed by atoms with Gasteiger partial charge in [0, 0.05) is 0 Å². The van der Waals surface area contributed by atoms with E-state index >= 15 is 0 Å². The predicted molar refractivity (Wildman–Crippen MR) is 48.3 cm³/mol. The average Bonchev–Trinajstić information content (AvgIpc) is 1.25. The van der Waals surface area contributed by atoms with Crippen molar-refractivity contribution in [3.8, 4) is 0 Å². The Hall–Kier alpha value is 0.908. The molecule has 0 bridgehead atoms. The average molecular weight is 379 g/mol. The van der Waals surface area contributed by atoms with Crippen molar-refractivity contribution in [2.45, 2.75) is 0 Å². The third-order valence-corrected chi connectivity index (χ3v) is 0. The van der Waals surface area contributed by atoms with Gasteiger partial charge in [-0.15, -0.1) is 0 Å². The molecule has 0 saturated carbocycles. The van der Waals surface area contributed by atoms with E-state index in [2.05, 4.69) is 61.2 Å². The molecule has 56 valence electrons. The maximum atomic E-state index is 4.66. The number of thiocarbonyl (C=S) groups is 2. The Morgan fingerprint density at radius 1 is 1.00 bits per heavy atom. The molecular weight excluding hydrogens is 375 g/mol. The van der Waals surface area contributed by atoms with Crippen LogP contribution in [0.3, 0.4) is 0 Å². The van der Waals surface area contributed by atoms with Crippen molar-refractivity contribution in [2.75, 3.05) is 0 Å². The van der Waals surface area contributed by atoms with Crippen LogP contribution >= 0.6 is 24.4 Å². The van der Waals surface area contributed by atoms with Gasteiger partial charge in [0.2, 0.25) is 0 Å². The Morgan fingerprint density at radius 3 is 1.00 bits per heavy atom. The van der Waals surface area contributed by atoms with E-state index in [9.17, 15) is 0 Å². The zero-order valence-electron chi connectivity index (χ0n) is 4.10. The molecular formula is C2H4N2PtS4. The molecule has 0 fully saturated rings. The fraction of sp³-hybridized carbons (Fsp3) is 0. The van der Waals surface area contributed by atoms with Gasteiger partial charge in [0.25, 0.3) is 0 Å². The Bertz CT molecular complexity index is 74.6. The molecule has 0 aliphatic rings. The molecule has 0 radical (unpaired) electrons. The Labute approximate surface area is 90.2 Å². The zero-order chi connectivity index (χ0) is 7.15. The third-order valence-electron chi connectivity index (χ3n) is 0. The summed E-state index contributed by atoms with van der Waals surface area (Å²) in [5.74, 6) is 0. The van der Waals surface area contributed by atoms with Crippen LogP contribution in [-0.2, 0) is 46.3 Å². The Morgan fingerprint density at radius 2 is 1.00 bits per heavy atom. The minimum atomic E-state index is 0. The van der Waals surface area contributed by atoms with Crippen LogP contribution in [0.15, 0.2) is 0 Å². The van der Waals surface area contributed by atoms with Crippen molar-refractivity contribution in [2.24, 2.45) is 11.5 Å². The van der Waals surface area contributed by atoms with Crippen LogP contribution in [0.5, 0.6) is 0 Å². The minimum absolute atomic E-state index is 0. The molecule has 9 heavy (non-hydrogen) atoms. The predicted octanol–water partition coefficient (Wildman–Crippen LogP) is -0.449. The second-order valence-electron chi connectivity index (χ2n) is 0.638. The fourth-order valence-electron chi connectivity index (χ4n) is 0. The van der Waals surface area contributed by atoms with Crippen LogP contribution < -0.4 is 11.5 Å². The minimum Gasteiger partial charge on any atom is -0.415 e. The van der Waals surface area contributed by atoms with Crippen molar-refractivity contribution in [1.82, 2.24) is 0 Å². The fourth-order valence-corrected chi connectivity index (χ4v) is 0. The Balaban J connectivity index is -0.0000000720. The summed E-state index contributed by atoms with van der Waals surface area (Å²) in [5.41, 5.74) is 9.31. The molecule has 0 saturated heterocycles. The molecule has 7 heteroatoms. The van der Waals surface area contributed by atoms with Crippen molar-refractivity contribution in [3.63, 3.8) is 0 Å². The molecule has 0 aromatic rings. The van der Waals surface area contributed by atoms with Gasteiger partial charge in [-0.25, -0.2) is 0 Å². The van der Waals surface area contributed by atoms with Gasteiger partial charge in [-0.3, -0.25) is 0 Å². The first kappa shape index (κ1) is 16.5. The van der Waals surface area contributed by atoms with Gasteiger partial charge in [0.05, 0.1) is 0 Å². The summed E-state index contributed by atoms with van der Waals surface area (Å²) in [5, 5.41) is 0. The first-order chi connectivity index (χ1) is 3.46. The molecule has 0 aliphatic heterocycles. The smallest absolute Gasteiger partial charge is 0.415 e. The summed E-state index contributed by atoms with van der Waals surface area (Å²) in [6.07, 6.45) is 0. The van der Waals surface area contributed by atoms with Gasteiger partial charge in [0.1, 0.15) is 0 Å². The topological polar surface area (TPSA) is 52.0 Å². The molecule has 0 aromatic heterocycles. The van der Waals surface area contributed by atoms with Crippen molar-refractivity contribution in [3.05, 3.63) is 0 Å². The second-order valence-corrected chi connectivity index (χ2v) is 2.91. The SMILES string of the molecule is NC(=S)[S-].NC(=S)[S-].[Pt+2]. The van der Waals surface area contributed by atoms with Gasteiger partial charge in [0.15, 0.2) is 0 Å². The molecule has 0 spiro atoms. The van der Waals surface area contributed by atoms with Crippen LogP contribution in [0.4, 0.5) is 0 Å². The van der Waals surface area contributed by atoms with E-state index in [0.29, 0.717) is 0 Å². The molecule has 0 amide bonds. The summed E-state index contributed by atoms with van der Waals surface area (Å²) in [6, 6.07) is 0. The zero-order valence-corrected chi connectivity index (χ0v) is 9.64. The van der Waals surface area contributed by atoms with E-state index in [4.69, 9.17) is 0 Å². The number of hydrogen-bond acceptors (Lipinski definition) is 4. The van der Waals surface area contributed by atoms with E-state index in [0.717, 1.165) is 0 Å². The van der Waals surface area contributed by atoms with E-state index < -0.39 is 0 Å². The standard InChI is InChI=1S/2CH3NS2.Pt/c2*2-1(3)4;/h2*(H3,2,3,4);/q;;+2/p-2. The van der Waals surface area contributed by atoms with Gasteiger partial charge >= 0.3 is 21.1 Å². The third kappa shape index (κ3) is 515. The van der Waals surface area contributed by atoms with Gasteiger partial charge in [-0.1, -0.05) is 8.64 Å². The normalized spacial score (nSPS) is 5.33. The van der Waals surface area contributed by atoms with E-state index in [1.807, 2.05) is 0 Å². The molecule has 0 aromatic carbocycles. The first-order valence-electron chi connectivity index (χ1n) is 1.39. The van der Waals surface area contributed by atoms with Crippen molar-refractivity contribution < 1.29 is 21.1 Å². The van der Waals surface area contributed by atoms with E-state index in [-0.39, 0.29) is 29.7 Å². The van der Waals surface area contributed by atoms with Crippen LogP contribution in [0.1, 0.15) is 0 Å². The molecule has 4 N–H and O–H groups in total. The van der Waals surface area contributed by atoms with Gasteiger partial charge in [-0.05, 0) is 0 Å².